The van der Waals surface area contributed by atoms with Crippen molar-refractivity contribution in [2.45, 2.75) is 33.2 Å². The van der Waals surface area contributed by atoms with E-state index in [1.165, 1.54) is 11.8 Å². The van der Waals surface area contributed by atoms with Crippen molar-refractivity contribution in [1.82, 2.24) is 19.2 Å². The molecule has 0 radical (unpaired) electrons. The van der Waals surface area contributed by atoms with Crippen LogP contribution in [-0.2, 0) is 4.79 Å². The average molecular weight is 458 g/mol. The maximum Gasteiger partial charge on any atom is 0.267 e. The normalized spacial score (nSPS) is 20.3. The molecule has 1 atom stereocenters. The molecule has 2 saturated heterocycles. The van der Waals surface area contributed by atoms with E-state index in [0.717, 1.165) is 38.2 Å². The van der Waals surface area contributed by atoms with E-state index in [1.54, 1.807) is 21.6 Å². The first kappa shape index (κ1) is 22.0. The molecular weight excluding hydrogens is 430 g/mol. The Morgan fingerprint density at radius 2 is 1.97 bits per heavy atom. The SMILES string of the molecule is CC[C@H](C)N1C(=O)/C(=C\c2c(N3CCN(C)CC3)nc3c(C)cccn3c2=O)SC1=S. The molecule has 0 saturated carbocycles. The molecule has 2 aliphatic rings. The fraction of sp³-hybridized carbons (Fsp3) is 0.455. The van der Waals surface area contributed by atoms with E-state index in [1.807, 2.05) is 32.9 Å². The summed E-state index contributed by atoms with van der Waals surface area (Å²) in [7, 11) is 2.09. The average Bonchev–Trinajstić information content (AvgIpc) is 3.03. The lowest BCUT2D eigenvalue weighted by molar-refractivity contribution is -0.123. The number of thioether (sulfide) groups is 1. The van der Waals surface area contributed by atoms with Gasteiger partial charge in [0.2, 0.25) is 0 Å². The number of carbonyl (C=O) groups excluding carboxylic acids is 1. The van der Waals surface area contributed by atoms with Gasteiger partial charge in [-0.1, -0.05) is 37.0 Å². The number of likely N-dealkylation sites (N-methyl/N-ethyl adjacent to an activating group) is 1. The van der Waals surface area contributed by atoms with E-state index in [2.05, 4.69) is 16.8 Å². The lowest BCUT2D eigenvalue weighted by atomic mass is 10.2. The van der Waals surface area contributed by atoms with Crippen LogP contribution in [0.15, 0.2) is 28.0 Å². The van der Waals surface area contributed by atoms with Crippen molar-refractivity contribution in [3.8, 4) is 0 Å². The fourth-order valence-corrected chi connectivity index (χ4v) is 5.30. The van der Waals surface area contributed by atoms with E-state index in [0.29, 0.717) is 26.3 Å². The number of aryl methyl sites for hydroxylation is 1. The van der Waals surface area contributed by atoms with Crippen LogP contribution in [0.3, 0.4) is 0 Å². The third kappa shape index (κ3) is 4.02. The van der Waals surface area contributed by atoms with Crippen LogP contribution in [0, 0.1) is 6.92 Å². The highest BCUT2D eigenvalue weighted by Gasteiger charge is 2.35. The first-order chi connectivity index (χ1) is 14.8. The molecule has 2 aromatic heterocycles. The minimum atomic E-state index is -0.170. The molecule has 9 heteroatoms. The third-order valence-electron chi connectivity index (χ3n) is 6.00. The third-order valence-corrected chi connectivity index (χ3v) is 7.33. The quantitative estimate of drug-likeness (QED) is 0.517. The second-order valence-electron chi connectivity index (χ2n) is 8.14. The number of amides is 1. The molecule has 2 fully saturated rings. The summed E-state index contributed by atoms with van der Waals surface area (Å²) in [5.74, 6) is 0.503. The number of anilines is 1. The van der Waals surface area contributed by atoms with Crippen LogP contribution in [0.1, 0.15) is 31.4 Å². The predicted octanol–water partition coefficient (Wildman–Crippen LogP) is 2.75. The molecule has 2 aromatic rings. The van der Waals surface area contributed by atoms with Gasteiger partial charge in [-0.05, 0) is 45.0 Å². The number of fused-ring (bicyclic) bond motifs is 1. The van der Waals surface area contributed by atoms with Gasteiger partial charge >= 0.3 is 0 Å². The number of thiocarbonyl (C=S) groups is 1. The van der Waals surface area contributed by atoms with E-state index < -0.39 is 0 Å². The van der Waals surface area contributed by atoms with Gasteiger partial charge < -0.3 is 9.80 Å². The first-order valence-corrected chi connectivity index (χ1v) is 11.8. The van der Waals surface area contributed by atoms with E-state index in [9.17, 15) is 9.59 Å². The Labute approximate surface area is 191 Å². The monoisotopic (exact) mass is 457 g/mol. The van der Waals surface area contributed by atoms with Gasteiger partial charge in [0.25, 0.3) is 11.5 Å². The lowest BCUT2D eigenvalue weighted by Crippen LogP contribution is -2.45. The number of hydrogen-bond acceptors (Lipinski definition) is 7. The van der Waals surface area contributed by atoms with Gasteiger partial charge in [-0.3, -0.25) is 18.9 Å². The van der Waals surface area contributed by atoms with Crippen molar-refractivity contribution < 1.29 is 4.79 Å². The number of pyridine rings is 1. The molecule has 4 rings (SSSR count). The molecule has 0 aromatic carbocycles. The second-order valence-corrected chi connectivity index (χ2v) is 9.81. The molecule has 0 spiro atoms. The molecule has 0 bridgehead atoms. The van der Waals surface area contributed by atoms with Crippen molar-refractivity contribution in [3.63, 3.8) is 0 Å². The Hall–Kier alpha value is -2.23. The molecule has 2 aliphatic heterocycles. The van der Waals surface area contributed by atoms with Crippen LogP contribution in [-0.4, -0.2) is 68.7 Å². The number of piperazine rings is 1. The molecule has 0 N–H and O–H groups in total. The Balaban J connectivity index is 1.87. The van der Waals surface area contributed by atoms with Gasteiger partial charge in [0.1, 0.15) is 15.8 Å². The number of nitrogens with zero attached hydrogens (tertiary/aromatic N) is 5. The fourth-order valence-electron chi connectivity index (χ4n) is 3.86. The lowest BCUT2D eigenvalue weighted by Gasteiger charge is -2.34. The van der Waals surface area contributed by atoms with Crippen LogP contribution in [0.5, 0.6) is 0 Å². The van der Waals surface area contributed by atoms with Crippen LogP contribution < -0.4 is 10.5 Å². The van der Waals surface area contributed by atoms with Gasteiger partial charge in [-0.25, -0.2) is 4.98 Å². The molecule has 31 heavy (non-hydrogen) atoms. The Morgan fingerprint density at radius 3 is 2.65 bits per heavy atom. The minimum absolute atomic E-state index is 0.0222. The summed E-state index contributed by atoms with van der Waals surface area (Å²) in [6, 6.07) is 3.81. The van der Waals surface area contributed by atoms with Gasteiger partial charge in [0, 0.05) is 38.4 Å². The van der Waals surface area contributed by atoms with Gasteiger partial charge in [0.05, 0.1) is 10.5 Å². The van der Waals surface area contributed by atoms with Crippen molar-refractivity contribution in [1.29, 1.82) is 0 Å². The largest absolute Gasteiger partial charge is 0.353 e. The van der Waals surface area contributed by atoms with E-state index in [-0.39, 0.29) is 17.5 Å². The maximum atomic E-state index is 13.5. The predicted molar refractivity (Wildman–Crippen MR) is 131 cm³/mol. The zero-order chi connectivity index (χ0) is 22.3. The van der Waals surface area contributed by atoms with Gasteiger partial charge in [-0.2, -0.15) is 0 Å². The summed E-state index contributed by atoms with van der Waals surface area (Å²) in [6.07, 6.45) is 4.23. The van der Waals surface area contributed by atoms with Crippen LogP contribution in [0.2, 0.25) is 0 Å². The molecule has 4 heterocycles. The van der Waals surface area contributed by atoms with Crippen LogP contribution in [0.25, 0.3) is 11.7 Å². The van der Waals surface area contributed by atoms with Crippen molar-refractivity contribution in [3.05, 3.63) is 44.7 Å². The van der Waals surface area contributed by atoms with Gasteiger partial charge in [0.15, 0.2) is 0 Å². The first-order valence-electron chi connectivity index (χ1n) is 10.5. The highest BCUT2D eigenvalue weighted by atomic mass is 32.2. The second kappa shape index (κ2) is 8.72. The van der Waals surface area contributed by atoms with Crippen LogP contribution >= 0.6 is 24.0 Å². The Morgan fingerprint density at radius 1 is 1.26 bits per heavy atom. The van der Waals surface area contributed by atoms with Crippen molar-refractivity contribution in [2.24, 2.45) is 0 Å². The zero-order valence-electron chi connectivity index (χ0n) is 18.3. The van der Waals surface area contributed by atoms with Crippen molar-refractivity contribution in [2.75, 3.05) is 38.1 Å². The van der Waals surface area contributed by atoms with Crippen LogP contribution in [0.4, 0.5) is 5.82 Å². The van der Waals surface area contributed by atoms with E-state index in [4.69, 9.17) is 17.2 Å². The number of carbonyl (C=O) groups is 1. The summed E-state index contributed by atoms with van der Waals surface area (Å²) in [5.41, 5.74) is 1.85. The summed E-state index contributed by atoms with van der Waals surface area (Å²) in [6.45, 7) is 9.31. The number of rotatable bonds is 4. The smallest absolute Gasteiger partial charge is 0.267 e. The summed E-state index contributed by atoms with van der Waals surface area (Å²) in [5, 5.41) is 0. The Kier molecular flexibility index (Phi) is 6.18. The number of aromatic nitrogens is 2. The highest BCUT2D eigenvalue weighted by Crippen LogP contribution is 2.35. The number of hydrogen-bond donors (Lipinski definition) is 0. The summed E-state index contributed by atoms with van der Waals surface area (Å²) in [4.78, 5) is 38.0. The highest BCUT2D eigenvalue weighted by molar-refractivity contribution is 8.26. The van der Waals surface area contributed by atoms with Crippen molar-refractivity contribution >= 4 is 51.7 Å². The molecule has 7 nitrogen and oxygen atoms in total. The summed E-state index contributed by atoms with van der Waals surface area (Å²) >= 11 is 6.72. The van der Waals surface area contributed by atoms with Gasteiger partial charge in [-0.15, -0.1) is 0 Å². The standard InChI is InChI=1S/C22H27N5O2S2/c1-5-15(3)27-21(29)17(31-22(27)30)13-16-19(25-11-9-24(4)10-12-25)23-18-14(2)7-6-8-26(18)20(16)28/h6-8,13,15H,5,9-12H2,1-4H3/b17-13+/t15-/m0/s1. The van der Waals surface area contributed by atoms with E-state index >= 15 is 0 Å². The zero-order valence-corrected chi connectivity index (χ0v) is 19.9. The summed E-state index contributed by atoms with van der Waals surface area (Å²) < 4.78 is 2.10. The molecule has 1 amide bonds. The molecule has 0 unspecified atom stereocenters. The molecule has 164 valence electrons. The maximum absolute atomic E-state index is 13.5. The topological polar surface area (TPSA) is 61.2 Å². The minimum Gasteiger partial charge on any atom is -0.353 e. The Bertz CT molecular complexity index is 1130. The molecule has 0 aliphatic carbocycles. The molecular formula is C22H27N5O2S2.